The van der Waals surface area contributed by atoms with Gasteiger partial charge in [0.25, 0.3) is 0 Å². The third-order valence-electron chi connectivity index (χ3n) is 2.11. The largest absolute Gasteiger partial charge is 0.468 e. The summed E-state index contributed by atoms with van der Waals surface area (Å²) in [5, 5.41) is 3.19. The highest BCUT2D eigenvalue weighted by Crippen LogP contribution is 2.06. The lowest BCUT2D eigenvalue weighted by atomic mass is 10.2. The first-order valence-corrected chi connectivity index (χ1v) is 6.79. The van der Waals surface area contributed by atoms with Crippen LogP contribution in [0.4, 0.5) is 0 Å². The van der Waals surface area contributed by atoms with Gasteiger partial charge in [0.15, 0.2) is 0 Å². The predicted molar refractivity (Wildman–Crippen MR) is 67.9 cm³/mol. The standard InChI is InChI=1S/C11H23NO3S/c1-4-6-12-10(11(13)15-3)5-8-16-9-7-14-2/h10,12H,4-9H2,1-3H3. The number of methoxy groups -OCH3 is 2. The molecule has 1 atom stereocenters. The van der Waals surface area contributed by atoms with Crippen molar-refractivity contribution in [2.45, 2.75) is 25.8 Å². The molecule has 0 aromatic rings. The van der Waals surface area contributed by atoms with E-state index in [1.54, 1.807) is 18.9 Å². The lowest BCUT2D eigenvalue weighted by molar-refractivity contribution is -0.143. The number of esters is 1. The molecule has 0 spiro atoms. The highest BCUT2D eigenvalue weighted by molar-refractivity contribution is 7.99. The second-order valence-corrected chi connectivity index (χ2v) is 4.65. The number of ether oxygens (including phenoxy) is 2. The first-order chi connectivity index (χ1) is 7.76. The molecule has 0 heterocycles. The summed E-state index contributed by atoms with van der Waals surface area (Å²) in [4.78, 5) is 11.4. The fourth-order valence-electron chi connectivity index (χ4n) is 1.21. The Labute approximate surface area is 102 Å². The molecule has 0 fully saturated rings. The Bertz CT molecular complexity index is 179. The minimum atomic E-state index is -0.167. The fourth-order valence-corrected chi connectivity index (χ4v) is 2.10. The van der Waals surface area contributed by atoms with Gasteiger partial charge in [-0.15, -0.1) is 0 Å². The van der Waals surface area contributed by atoms with Crippen LogP contribution in [-0.2, 0) is 14.3 Å². The molecular formula is C11H23NO3S. The highest BCUT2D eigenvalue weighted by Gasteiger charge is 2.17. The van der Waals surface area contributed by atoms with E-state index in [0.29, 0.717) is 0 Å². The number of carbonyl (C=O) groups is 1. The van der Waals surface area contributed by atoms with Gasteiger partial charge in [-0.1, -0.05) is 6.92 Å². The van der Waals surface area contributed by atoms with Crippen LogP contribution in [0.25, 0.3) is 0 Å². The van der Waals surface area contributed by atoms with E-state index in [1.807, 2.05) is 0 Å². The topological polar surface area (TPSA) is 47.6 Å². The molecule has 16 heavy (non-hydrogen) atoms. The maximum atomic E-state index is 11.4. The van der Waals surface area contributed by atoms with E-state index >= 15 is 0 Å². The first-order valence-electron chi connectivity index (χ1n) is 5.64. The van der Waals surface area contributed by atoms with Crippen molar-refractivity contribution in [2.24, 2.45) is 0 Å². The van der Waals surface area contributed by atoms with E-state index in [1.165, 1.54) is 7.11 Å². The Balaban J connectivity index is 3.69. The Morgan fingerprint density at radius 1 is 1.38 bits per heavy atom. The van der Waals surface area contributed by atoms with Crippen molar-refractivity contribution in [2.75, 3.05) is 38.9 Å². The third kappa shape index (κ3) is 7.96. The fraction of sp³-hybridized carbons (Fsp3) is 0.909. The molecule has 5 heteroatoms. The van der Waals surface area contributed by atoms with E-state index in [0.717, 1.165) is 37.5 Å². The smallest absolute Gasteiger partial charge is 0.322 e. The van der Waals surface area contributed by atoms with Crippen LogP contribution >= 0.6 is 11.8 Å². The van der Waals surface area contributed by atoms with Crippen LogP contribution in [0.3, 0.4) is 0 Å². The van der Waals surface area contributed by atoms with Crippen molar-refractivity contribution >= 4 is 17.7 Å². The van der Waals surface area contributed by atoms with Gasteiger partial charge >= 0.3 is 5.97 Å². The van der Waals surface area contributed by atoms with Crippen LogP contribution < -0.4 is 5.32 Å². The normalized spacial score (nSPS) is 12.4. The van der Waals surface area contributed by atoms with Crippen molar-refractivity contribution in [3.63, 3.8) is 0 Å². The Morgan fingerprint density at radius 3 is 2.69 bits per heavy atom. The van der Waals surface area contributed by atoms with E-state index in [2.05, 4.69) is 12.2 Å². The van der Waals surface area contributed by atoms with Crippen molar-refractivity contribution < 1.29 is 14.3 Å². The van der Waals surface area contributed by atoms with Gasteiger partial charge in [-0.05, 0) is 25.1 Å². The number of thioether (sulfide) groups is 1. The van der Waals surface area contributed by atoms with Gasteiger partial charge in [-0.3, -0.25) is 4.79 Å². The van der Waals surface area contributed by atoms with Crippen LogP contribution in [0.2, 0.25) is 0 Å². The molecule has 0 aliphatic rings. The van der Waals surface area contributed by atoms with Gasteiger partial charge in [0, 0.05) is 12.9 Å². The molecular weight excluding hydrogens is 226 g/mol. The minimum absolute atomic E-state index is 0.166. The quantitative estimate of drug-likeness (QED) is 0.467. The molecule has 0 saturated carbocycles. The molecule has 96 valence electrons. The van der Waals surface area contributed by atoms with E-state index in [4.69, 9.17) is 9.47 Å². The summed E-state index contributed by atoms with van der Waals surface area (Å²) < 4.78 is 9.71. The molecule has 1 unspecified atom stereocenters. The highest BCUT2D eigenvalue weighted by atomic mass is 32.2. The van der Waals surface area contributed by atoms with Gasteiger partial charge in [-0.2, -0.15) is 11.8 Å². The monoisotopic (exact) mass is 249 g/mol. The molecule has 0 amide bonds. The third-order valence-corrected chi connectivity index (χ3v) is 3.09. The van der Waals surface area contributed by atoms with Crippen molar-refractivity contribution in [1.82, 2.24) is 5.32 Å². The minimum Gasteiger partial charge on any atom is -0.468 e. The maximum Gasteiger partial charge on any atom is 0.322 e. The molecule has 0 radical (unpaired) electrons. The summed E-state index contributed by atoms with van der Waals surface area (Å²) >= 11 is 1.79. The van der Waals surface area contributed by atoms with Crippen LogP contribution in [0, 0.1) is 0 Å². The Kier molecular flexibility index (Phi) is 11.0. The average Bonchev–Trinajstić information content (AvgIpc) is 2.31. The van der Waals surface area contributed by atoms with Gasteiger partial charge in [0.1, 0.15) is 6.04 Å². The molecule has 0 aliphatic heterocycles. The molecule has 0 bridgehead atoms. The Morgan fingerprint density at radius 2 is 2.12 bits per heavy atom. The van der Waals surface area contributed by atoms with Crippen molar-refractivity contribution in [3.8, 4) is 0 Å². The first kappa shape index (κ1) is 15.7. The van der Waals surface area contributed by atoms with Crippen LogP contribution in [0.5, 0.6) is 0 Å². The lowest BCUT2D eigenvalue weighted by Crippen LogP contribution is -2.38. The second-order valence-electron chi connectivity index (χ2n) is 3.42. The summed E-state index contributed by atoms with van der Waals surface area (Å²) in [5.74, 6) is 1.75. The van der Waals surface area contributed by atoms with Crippen LogP contribution in [0.1, 0.15) is 19.8 Å². The van der Waals surface area contributed by atoms with Gasteiger partial charge in [0.2, 0.25) is 0 Å². The van der Waals surface area contributed by atoms with Crippen LogP contribution in [0.15, 0.2) is 0 Å². The summed E-state index contributed by atoms with van der Waals surface area (Å²) in [6.45, 7) is 3.69. The number of hydrogen-bond acceptors (Lipinski definition) is 5. The van der Waals surface area contributed by atoms with Crippen LogP contribution in [-0.4, -0.2) is 50.9 Å². The molecule has 0 aromatic heterocycles. The van der Waals surface area contributed by atoms with E-state index in [-0.39, 0.29) is 12.0 Å². The zero-order valence-corrected chi connectivity index (χ0v) is 11.3. The number of nitrogens with one attached hydrogen (secondary N) is 1. The average molecular weight is 249 g/mol. The lowest BCUT2D eigenvalue weighted by Gasteiger charge is -2.15. The number of carbonyl (C=O) groups excluding carboxylic acids is 1. The molecule has 0 rings (SSSR count). The Hall–Kier alpha value is -0.260. The van der Waals surface area contributed by atoms with E-state index < -0.39 is 0 Å². The second kappa shape index (κ2) is 11.2. The SMILES string of the molecule is CCCNC(CCSCCOC)C(=O)OC. The molecule has 0 aliphatic carbocycles. The molecule has 4 nitrogen and oxygen atoms in total. The molecule has 0 aromatic carbocycles. The van der Waals surface area contributed by atoms with Gasteiger partial charge < -0.3 is 14.8 Å². The number of rotatable bonds is 10. The predicted octanol–water partition coefficient (Wildman–Crippen LogP) is 1.30. The van der Waals surface area contributed by atoms with E-state index in [9.17, 15) is 4.79 Å². The zero-order chi connectivity index (χ0) is 12.2. The molecule has 0 saturated heterocycles. The summed E-state index contributed by atoms with van der Waals surface area (Å²) in [7, 11) is 3.13. The molecule has 1 N–H and O–H groups in total. The zero-order valence-electron chi connectivity index (χ0n) is 10.5. The summed E-state index contributed by atoms with van der Waals surface area (Å²) in [6, 6.07) is -0.167. The maximum absolute atomic E-state index is 11.4. The summed E-state index contributed by atoms with van der Waals surface area (Å²) in [6.07, 6.45) is 1.82. The van der Waals surface area contributed by atoms with Crippen molar-refractivity contribution in [3.05, 3.63) is 0 Å². The number of hydrogen-bond donors (Lipinski definition) is 1. The summed E-state index contributed by atoms with van der Waals surface area (Å²) in [5.41, 5.74) is 0. The van der Waals surface area contributed by atoms with Crippen molar-refractivity contribution in [1.29, 1.82) is 0 Å². The van der Waals surface area contributed by atoms with Gasteiger partial charge in [0.05, 0.1) is 13.7 Å². The van der Waals surface area contributed by atoms with Gasteiger partial charge in [-0.25, -0.2) is 0 Å².